The van der Waals surface area contributed by atoms with Crippen molar-refractivity contribution in [1.82, 2.24) is 5.32 Å². The lowest BCUT2D eigenvalue weighted by Crippen LogP contribution is -2.50. The third-order valence-electron chi connectivity index (χ3n) is 4.12. The highest BCUT2D eigenvalue weighted by atomic mass is 32.2. The fourth-order valence-corrected chi connectivity index (χ4v) is 3.57. The van der Waals surface area contributed by atoms with E-state index in [1.54, 1.807) is 19.1 Å². The molecule has 1 heterocycles. The van der Waals surface area contributed by atoms with E-state index >= 15 is 0 Å². The average Bonchev–Trinajstić information content (AvgIpc) is 2.89. The Labute approximate surface area is 125 Å². The van der Waals surface area contributed by atoms with E-state index in [0.29, 0.717) is 17.7 Å². The molecule has 0 aromatic heterocycles. The van der Waals surface area contributed by atoms with Gasteiger partial charge in [-0.3, -0.25) is 4.79 Å². The Morgan fingerprint density at radius 1 is 1.48 bits per heavy atom. The molecule has 21 heavy (non-hydrogen) atoms. The van der Waals surface area contributed by atoms with Crippen molar-refractivity contribution < 1.29 is 13.2 Å². The van der Waals surface area contributed by atoms with Gasteiger partial charge in [0.1, 0.15) is 0 Å². The summed E-state index contributed by atoms with van der Waals surface area (Å²) in [7, 11) is -3.80. The summed E-state index contributed by atoms with van der Waals surface area (Å²) in [5.74, 6) is -0.128. The van der Waals surface area contributed by atoms with E-state index in [1.807, 2.05) is 6.92 Å². The number of carbonyl (C=O) groups excluding carboxylic acids is 1. The summed E-state index contributed by atoms with van der Waals surface area (Å²) in [4.78, 5) is 12.6. The molecule has 0 saturated carbocycles. The van der Waals surface area contributed by atoms with Crippen molar-refractivity contribution in [2.45, 2.75) is 43.5 Å². The Hall–Kier alpha value is -1.44. The first kappa shape index (κ1) is 15.9. The Morgan fingerprint density at radius 2 is 2.19 bits per heavy atom. The first-order valence-corrected chi connectivity index (χ1v) is 8.54. The molecule has 7 heteroatoms. The lowest BCUT2D eigenvalue weighted by molar-refractivity contribution is -0.122. The first-order valence-electron chi connectivity index (χ1n) is 6.99. The molecular weight excluding hydrogens is 290 g/mol. The Bertz CT molecular complexity index is 649. The standard InChI is InChI=1S/C14H21N3O3S/c1-3-14(8-5-9-16-14)13(18)17-11-6-4-7-12(10(11)2)21(15,19)20/h4,6-7,16H,3,5,8-9H2,1-2H3,(H,17,18)(H2,15,19,20). The molecule has 1 amide bonds. The van der Waals surface area contributed by atoms with Crippen LogP contribution in [0.15, 0.2) is 23.1 Å². The van der Waals surface area contributed by atoms with Gasteiger partial charge in [-0.15, -0.1) is 0 Å². The van der Waals surface area contributed by atoms with Crippen molar-refractivity contribution in [2.75, 3.05) is 11.9 Å². The van der Waals surface area contributed by atoms with E-state index in [0.717, 1.165) is 19.4 Å². The number of hydrogen-bond acceptors (Lipinski definition) is 4. The van der Waals surface area contributed by atoms with Gasteiger partial charge >= 0.3 is 0 Å². The molecule has 1 atom stereocenters. The predicted molar refractivity (Wildman–Crippen MR) is 81.4 cm³/mol. The topological polar surface area (TPSA) is 101 Å². The predicted octanol–water partition coefficient (Wildman–Crippen LogP) is 1.11. The minimum absolute atomic E-state index is 0.0326. The van der Waals surface area contributed by atoms with E-state index in [-0.39, 0.29) is 10.8 Å². The summed E-state index contributed by atoms with van der Waals surface area (Å²) in [6.45, 7) is 4.42. The Kier molecular flexibility index (Phi) is 4.36. The van der Waals surface area contributed by atoms with Crippen LogP contribution in [0.25, 0.3) is 0 Å². The molecule has 0 radical (unpaired) electrons. The minimum Gasteiger partial charge on any atom is -0.324 e. The van der Waals surface area contributed by atoms with Gasteiger partial charge in [-0.25, -0.2) is 13.6 Å². The van der Waals surface area contributed by atoms with Gasteiger partial charge in [0, 0.05) is 5.69 Å². The van der Waals surface area contributed by atoms with Crippen molar-refractivity contribution >= 4 is 21.6 Å². The molecule has 1 unspecified atom stereocenters. The monoisotopic (exact) mass is 311 g/mol. The fraction of sp³-hybridized carbons (Fsp3) is 0.500. The van der Waals surface area contributed by atoms with Gasteiger partial charge in [0.15, 0.2) is 0 Å². The molecule has 4 N–H and O–H groups in total. The molecule has 1 aromatic rings. The molecule has 2 rings (SSSR count). The third-order valence-corrected chi connectivity index (χ3v) is 5.18. The number of sulfonamides is 1. The minimum atomic E-state index is -3.80. The summed E-state index contributed by atoms with van der Waals surface area (Å²) in [6.07, 6.45) is 2.42. The largest absolute Gasteiger partial charge is 0.324 e. The van der Waals surface area contributed by atoms with Crippen LogP contribution in [0.4, 0.5) is 5.69 Å². The zero-order valence-corrected chi connectivity index (χ0v) is 13.1. The highest BCUT2D eigenvalue weighted by Gasteiger charge is 2.39. The van der Waals surface area contributed by atoms with Crippen LogP contribution in [0.1, 0.15) is 31.7 Å². The number of primary sulfonamides is 1. The van der Waals surface area contributed by atoms with Crippen LogP contribution in [0, 0.1) is 6.92 Å². The second-order valence-corrected chi connectivity index (χ2v) is 6.92. The van der Waals surface area contributed by atoms with Crippen molar-refractivity contribution in [3.05, 3.63) is 23.8 Å². The molecule has 1 aliphatic heterocycles. The summed E-state index contributed by atoms with van der Waals surface area (Å²) in [6, 6.07) is 4.69. The summed E-state index contributed by atoms with van der Waals surface area (Å²) >= 11 is 0. The van der Waals surface area contributed by atoms with Crippen LogP contribution in [-0.4, -0.2) is 26.4 Å². The molecule has 0 spiro atoms. The van der Waals surface area contributed by atoms with Gasteiger partial charge in [0.25, 0.3) is 0 Å². The van der Waals surface area contributed by atoms with Crippen LogP contribution >= 0.6 is 0 Å². The Balaban J connectivity index is 2.30. The number of anilines is 1. The highest BCUT2D eigenvalue weighted by molar-refractivity contribution is 7.89. The molecule has 1 saturated heterocycles. The van der Waals surface area contributed by atoms with Crippen molar-refractivity contribution in [2.24, 2.45) is 5.14 Å². The molecule has 1 aromatic carbocycles. The lowest BCUT2D eigenvalue weighted by atomic mass is 9.93. The molecule has 6 nitrogen and oxygen atoms in total. The lowest BCUT2D eigenvalue weighted by Gasteiger charge is -2.27. The quantitative estimate of drug-likeness (QED) is 0.775. The van der Waals surface area contributed by atoms with E-state index in [4.69, 9.17) is 5.14 Å². The van der Waals surface area contributed by atoms with Gasteiger partial charge in [-0.1, -0.05) is 13.0 Å². The second-order valence-electron chi connectivity index (χ2n) is 5.39. The van der Waals surface area contributed by atoms with Crippen LogP contribution < -0.4 is 15.8 Å². The number of rotatable bonds is 4. The molecule has 0 aliphatic carbocycles. The normalized spacial score (nSPS) is 22.2. The molecular formula is C14H21N3O3S. The zero-order chi connectivity index (χ0) is 15.7. The Morgan fingerprint density at radius 3 is 2.71 bits per heavy atom. The maximum absolute atomic E-state index is 12.5. The maximum atomic E-state index is 12.5. The number of nitrogens with two attached hydrogens (primary N) is 1. The van der Waals surface area contributed by atoms with Crippen LogP contribution in [0.3, 0.4) is 0 Å². The van der Waals surface area contributed by atoms with Crippen molar-refractivity contribution in [1.29, 1.82) is 0 Å². The van der Waals surface area contributed by atoms with Crippen LogP contribution in [0.5, 0.6) is 0 Å². The van der Waals surface area contributed by atoms with Crippen molar-refractivity contribution in [3.8, 4) is 0 Å². The zero-order valence-electron chi connectivity index (χ0n) is 12.3. The summed E-state index contributed by atoms with van der Waals surface area (Å²) in [5, 5.41) is 11.3. The maximum Gasteiger partial charge on any atom is 0.244 e. The third kappa shape index (κ3) is 3.09. The number of amides is 1. The molecule has 1 fully saturated rings. The van der Waals surface area contributed by atoms with E-state index in [9.17, 15) is 13.2 Å². The highest BCUT2D eigenvalue weighted by Crippen LogP contribution is 2.27. The van der Waals surface area contributed by atoms with Gasteiger partial charge in [0.05, 0.1) is 10.4 Å². The first-order chi connectivity index (χ1) is 9.80. The van der Waals surface area contributed by atoms with Crippen LogP contribution in [-0.2, 0) is 14.8 Å². The average molecular weight is 311 g/mol. The van der Waals surface area contributed by atoms with Crippen molar-refractivity contribution in [3.63, 3.8) is 0 Å². The number of nitrogens with one attached hydrogen (secondary N) is 2. The van der Waals surface area contributed by atoms with E-state index < -0.39 is 15.6 Å². The summed E-state index contributed by atoms with van der Waals surface area (Å²) in [5.41, 5.74) is 0.370. The second kappa shape index (κ2) is 5.75. The molecule has 0 bridgehead atoms. The SMILES string of the molecule is CCC1(C(=O)Nc2cccc(S(N)(=O)=O)c2C)CCCN1. The number of hydrogen-bond donors (Lipinski definition) is 3. The van der Waals surface area contributed by atoms with E-state index in [1.165, 1.54) is 6.07 Å². The van der Waals surface area contributed by atoms with Gasteiger partial charge in [-0.05, 0) is 50.4 Å². The molecule has 116 valence electrons. The fourth-order valence-electron chi connectivity index (χ4n) is 2.76. The van der Waals surface area contributed by atoms with E-state index in [2.05, 4.69) is 10.6 Å². The van der Waals surface area contributed by atoms with Crippen LogP contribution in [0.2, 0.25) is 0 Å². The van der Waals surface area contributed by atoms with Gasteiger partial charge < -0.3 is 10.6 Å². The smallest absolute Gasteiger partial charge is 0.244 e. The number of carbonyl (C=O) groups is 1. The summed E-state index contributed by atoms with van der Waals surface area (Å²) < 4.78 is 23.0. The van der Waals surface area contributed by atoms with Gasteiger partial charge in [0.2, 0.25) is 15.9 Å². The number of benzene rings is 1. The van der Waals surface area contributed by atoms with Gasteiger partial charge in [-0.2, -0.15) is 0 Å². The molecule has 1 aliphatic rings.